The van der Waals surface area contributed by atoms with Crippen molar-refractivity contribution in [1.82, 2.24) is 0 Å². The molecule has 0 aliphatic heterocycles. The number of nitrogens with zero attached hydrogens (tertiary/aromatic N) is 5. The number of nitrogens with one attached hydrogen (secondary N) is 3. The predicted octanol–water partition coefficient (Wildman–Crippen LogP) is 0.800. The van der Waals surface area contributed by atoms with Gasteiger partial charge in [-0.05, 0) is 54.1 Å². The SMILES string of the molecule is O=C1/C(=N\Nc2cc(S(=O)(=O)O)cc([N+](=O)[O-])c2O)C(S(=O)(=O)O)=Cc2ccc(N/N=c3\ccc(=O)/c(=N/Nc4ccc([N+](=O)[O-])cc4)c3=O)cc21. The third-order valence-electron chi connectivity index (χ3n) is 6.91. The highest BCUT2D eigenvalue weighted by Crippen LogP contribution is 2.37. The van der Waals surface area contributed by atoms with Crippen molar-refractivity contribution < 1.29 is 45.7 Å². The van der Waals surface area contributed by atoms with Crippen LogP contribution in [0.4, 0.5) is 28.4 Å². The van der Waals surface area contributed by atoms with E-state index in [1.807, 2.05) is 5.43 Å². The molecule has 266 valence electrons. The summed E-state index contributed by atoms with van der Waals surface area (Å²) in [6, 6.07) is 11.4. The molecule has 0 fully saturated rings. The van der Waals surface area contributed by atoms with Crippen molar-refractivity contribution in [2.24, 2.45) is 15.3 Å². The van der Waals surface area contributed by atoms with Crippen LogP contribution in [-0.4, -0.2) is 52.4 Å². The number of Topliss-reactive ketones (excluding diaryl/α,β-unsaturated/α-hetero) is 1. The van der Waals surface area contributed by atoms with Gasteiger partial charge in [0.25, 0.3) is 25.9 Å². The number of rotatable bonds is 10. The van der Waals surface area contributed by atoms with E-state index in [1.165, 1.54) is 36.4 Å². The number of phenols is 1. The maximum Gasteiger partial charge on any atom is 0.314 e. The molecule has 6 N–H and O–H groups in total. The standard InChI is InChI=1S/C28H18N8O14S2/c37-22-8-7-19(28(40)24(22)33-29-14-3-5-16(6-4-14)35(41)42)31-30-15-2-1-13-9-23(52(48,49)50)25(26(38)18(13)10-15)34-32-20-11-17(51(45,46)47)12-21(27(20)39)36(43)44/h1-12,29-30,32,39H,(H,45,46,47)(H,48,49,50)/b31-19+,33-24-,34-25-. The first-order chi connectivity index (χ1) is 24.3. The molecule has 24 heteroatoms. The molecule has 1 aliphatic carbocycles. The number of ketones is 1. The summed E-state index contributed by atoms with van der Waals surface area (Å²) in [5, 5.41) is 42.8. The number of aromatic hydroxyl groups is 1. The molecule has 4 aromatic carbocycles. The first-order valence-corrected chi connectivity index (χ1v) is 16.6. The summed E-state index contributed by atoms with van der Waals surface area (Å²) in [5.74, 6) is -2.39. The minimum Gasteiger partial charge on any atom is -0.501 e. The summed E-state index contributed by atoms with van der Waals surface area (Å²) in [6.07, 6.45) is 0.832. The molecule has 0 amide bonds. The summed E-state index contributed by atoms with van der Waals surface area (Å²) in [4.78, 5) is 57.0. The van der Waals surface area contributed by atoms with Crippen LogP contribution in [0, 0.1) is 20.2 Å². The number of benzene rings is 4. The lowest BCUT2D eigenvalue weighted by Gasteiger charge is -2.17. The zero-order valence-corrected chi connectivity index (χ0v) is 26.9. The van der Waals surface area contributed by atoms with E-state index in [-0.39, 0.29) is 33.5 Å². The van der Waals surface area contributed by atoms with E-state index in [0.717, 1.165) is 24.3 Å². The Balaban J connectivity index is 1.49. The minimum absolute atomic E-state index is 0.0188. The van der Waals surface area contributed by atoms with Gasteiger partial charge in [0, 0.05) is 23.8 Å². The average Bonchev–Trinajstić information content (AvgIpc) is 3.07. The fraction of sp³-hybridized carbons (Fsp3) is 0. The number of non-ortho nitro benzene ring substituents is 1. The molecule has 22 nitrogen and oxygen atoms in total. The highest BCUT2D eigenvalue weighted by molar-refractivity contribution is 7.91. The smallest absolute Gasteiger partial charge is 0.314 e. The first-order valence-electron chi connectivity index (χ1n) is 13.7. The summed E-state index contributed by atoms with van der Waals surface area (Å²) < 4.78 is 66.8. The summed E-state index contributed by atoms with van der Waals surface area (Å²) >= 11 is 0. The molecule has 0 atom stereocenters. The third-order valence-corrected chi connectivity index (χ3v) is 8.61. The van der Waals surface area contributed by atoms with Crippen molar-refractivity contribution in [3.63, 3.8) is 0 Å². The van der Waals surface area contributed by atoms with E-state index in [1.54, 1.807) is 0 Å². The third kappa shape index (κ3) is 7.58. The van der Waals surface area contributed by atoms with Gasteiger partial charge in [-0.15, -0.1) is 0 Å². The molecule has 4 aromatic rings. The number of allylic oxidation sites excluding steroid dienone is 1. The molecular formula is C28H18N8O14S2. The normalized spacial score (nSPS) is 14.5. The second-order valence-corrected chi connectivity index (χ2v) is 13.1. The van der Waals surface area contributed by atoms with Gasteiger partial charge in [0.15, 0.2) is 11.1 Å². The summed E-state index contributed by atoms with van der Waals surface area (Å²) in [6.45, 7) is 0. The van der Waals surface area contributed by atoms with Crippen LogP contribution in [0.1, 0.15) is 15.9 Å². The van der Waals surface area contributed by atoms with Crippen molar-refractivity contribution in [3.8, 4) is 5.75 Å². The molecule has 52 heavy (non-hydrogen) atoms. The highest BCUT2D eigenvalue weighted by Gasteiger charge is 2.33. The van der Waals surface area contributed by atoms with E-state index in [0.29, 0.717) is 12.1 Å². The number of nitro benzene ring substituents is 2. The van der Waals surface area contributed by atoms with Crippen molar-refractivity contribution in [2.45, 2.75) is 4.90 Å². The molecule has 0 heterocycles. The zero-order valence-electron chi connectivity index (χ0n) is 25.3. The Morgan fingerprint density at radius 2 is 1.37 bits per heavy atom. The van der Waals surface area contributed by atoms with Gasteiger partial charge in [0.05, 0.1) is 21.2 Å². The summed E-state index contributed by atoms with van der Waals surface area (Å²) in [7, 11) is -10.3. The lowest BCUT2D eigenvalue weighted by molar-refractivity contribution is -0.386. The maximum atomic E-state index is 13.5. The van der Waals surface area contributed by atoms with Gasteiger partial charge in [-0.1, -0.05) is 6.07 Å². The Hall–Kier alpha value is -7.02. The van der Waals surface area contributed by atoms with Gasteiger partial charge in [0.2, 0.25) is 22.4 Å². The Kier molecular flexibility index (Phi) is 9.56. The van der Waals surface area contributed by atoms with Gasteiger partial charge >= 0.3 is 5.69 Å². The molecule has 5 rings (SSSR count). The number of carbonyl (C=O) groups is 1. The van der Waals surface area contributed by atoms with Crippen LogP contribution in [0.5, 0.6) is 5.75 Å². The molecule has 0 bridgehead atoms. The number of hydrogen-bond donors (Lipinski definition) is 6. The molecule has 0 unspecified atom stereocenters. The number of hydrazone groups is 1. The van der Waals surface area contributed by atoms with Gasteiger partial charge in [0.1, 0.15) is 20.8 Å². The largest absolute Gasteiger partial charge is 0.501 e. The van der Waals surface area contributed by atoms with E-state index >= 15 is 0 Å². The predicted molar refractivity (Wildman–Crippen MR) is 179 cm³/mol. The summed E-state index contributed by atoms with van der Waals surface area (Å²) in [5.41, 5.74) is 1.77. The maximum absolute atomic E-state index is 13.5. The number of hydrogen-bond acceptors (Lipinski definition) is 18. The van der Waals surface area contributed by atoms with Crippen molar-refractivity contribution in [2.75, 3.05) is 16.3 Å². The van der Waals surface area contributed by atoms with Crippen molar-refractivity contribution >= 4 is 66.2 Å². The molecule has 0 radical (unpaired) electrons. The highest BCUT2D eigenvalue weighted by atomic mass is 32.2. The number of fused-ring (bicyclic) bond motifs is 1. The lowest BCUT2D eigenvalue weighted by Crippen LogP contribution is -2.47. The lowest BCUT2D eigenvalue weighted by atomic mass is 9.94. The first kappa shape index (κ1) is 36.3. The second kappa shape index (κ2) is 13.7. The fourth-order valence-corrected chi connectivity index (χ4v) is 5.61. The second-order valence-electron chi connectivity index (χ2n) is 10.3. The molecular weight excluding hydrogens is 736 g/mol. The fourth-order valence-electron chi connectivity index (χ4n) is 4.42. The van der Waals surface area contributed by atoms with E-state index in [9.17, 15) is 65.7 Å². The molecule has 0 saturated heterocycles. The Labute approximate surface area is 287 Å². The Morgan fingerprint density at radius 3 is 1.98 bits per heavy atom. The van der Waals surface area contributed by atoms with Crippen LogP contribution in [-0.2, 0) is 20.2 Å². The van der Waals surface area contributed by atoms with Crippen LogP contribution >= 0.6 is 0 Å². The van der Waals surface area contributed by atoms with Crippen LogP contribution < -0.4 is 37.8 Å². The van der Waals surface area contributed by atoms with E-state index in [4.69, 9.17) is 0 Å². The molecule has 1 aliphatic rings. The van der Waals surface area contributed by atoms with Crippen molar-refractivity contribution in [3.05, 3.63) is 134 Å². The Bertz CT molecular complexity index is 2740. The minimum atomic E-state index is -5.19. The van der Waals surface area contributed by atoms with E-state index in [2.05, 4.69) is 26.2 Å². The number of carbonyl (C=O) groups excluding carboxylic acids is 1. The van der Waals surface area contributed by atoms with Crippen LogP contribution in [0.3, 0.4) is 0 Å². The van der Waals surface area contributed by atoms with Crippen LogP contribution in [0.25, 0.3) is 6.08 Å². The zero-order chi connectivity index (χ0) is 38.1. The van der Waals surface area contributed by atoms with E-state index < -0.39 is 84.7 Å². The van der Waals surface area contributed by atoms with Crippen molar-refractivity contribution in [1.29, 1.82) is 0 Å². The van der Waals surface area contributed by atoms with Crippen LogP contribution in [0.2, 0.25) is 0 Å². The molecule has 0 saturated carbocycles. The Morgan fingerprint density at radius 1 is 0.712 bits per heavy atom. The van der Waals surface area contributed by atoms with Gasteiger partial charge in [-0.2, -0.15) is 32.1 Å². The molecule has 0 aromatic heterocycles. The monoisotopic (exact) mass is 754 g/mol. The van der Waals surface area contributed by atoms with Gasteiger partial charge in [-0.3, -0.25) is 60.0 Å². The van der Waals surface area contributed by atoms with Gasteiger partial charge in [-0.25, -0.2) is 0 Å². The number of phenolic OH excluding ortho intramolecular Hbond substituents is 1. The van der Waals surface area contributed by atoms with Crippen LogP contribution in [0.15, 0.2) is 101 Å². The topological polar surface area (TPSA) is 340 Å². The molecule has 0 spiro atoms. The quantitative estimate of drug-likeness (QED) is 0.0564. The number of nitro groups is 2. The number of anilines is 3. The van der Waals surface area contributed by atoms with Gasteiger partial charge < -0.3 is 5.11 Å². The average molecular weight is 755 g/mol.